The molecular formula is C20H23NO2. The van der Waals surface area contributed by atoms with Crippen LogP contribution in [0.5, 0.6) is 5.75 Å². The monoisotopic (exact) mass is 309 g/mol. The van der Waals surface area contributed by atoms with Crippen LogP contribution < -0.4 is 4.74 Å². The number of carbonyl (C=O) groups is 1. The first-order valence-corrected chi connectivity index (χ1v) is 7.74. The summed E-state index contributed by atoms with van der Waals surface area (Å²) in [6, 6.07) is 17.6. The molecule has 0 aromatic heterocycles. The minimum atomic E-state index is -0.189. The van der Waals surface area contributed by atoms with Crippen molar-refractivity contribution in [2.45, 2.75) is 19.4 Å². The third kappa shape index (κ3) is 4.22. The molecule has 0 aliphatic heterocycles. The van der Waals surface area contributed by atoms with E-state index in [2.05, 4.69) is 6.58 Å². The van der Waals surface area contributed by atoms with E-state index >= 15 is 0 Å². The van der Waals surface area contributed by atoms with E-state index in [-0.39, 0.29) is 11.8 Å². The summed E-state index contributed by atoms with van der Waals surface area (Å²) in [4.78, 5) is 14.7. The van der Waals surface area contributed by atoms with Crippen molar-refractivity contribution in [1.29, 1.82) is 0 Å². The van der Waals surface area contributed by atoms with Crippen molar-refractivity contribution in [2.24, 2.45) is 0 Å². The molecular weight excluding hydrogens is 286 g/mol. The average Bonchev–Trinajstić information content (AvgIpc) is 2.61. The second-order valence-corrected chi connectivity index (χ2v) is 5.45. The molecule has 3 heteroatoms. The Kier molecular flexibility index (Phi) is 5.98. The first-order chi connectivity index (χ1) is 11.2. The first kappa shape index (κ1) is 16.8. The van der Waals surface area contributed by atoms with Crippen LogP contribution >= 0.6 is 0 Å². The van der Waals surface area contributed by atoms with E-state index in [1.807, 2.05) is 66.4 Å². The standard InChI is InChI=1S/C20H23NO2/c1-4-14-21(15-18-12-8-9-13-19(18)23-3)20(22)16(2)17-10-6-5-7-11-17/h4-13,16H,1,14-15H2,2-3H3. The molecule has 0 bridgehead atoms. The summed E-state index contributed by atoms with van der Waals surface area (Å²) < 4.78 is 5.39. The zero-order chi connectivity index (χ0) is 16.7. The van der Waals surface area contributed by atoms with Gasteiger partial charge in [0, 0.05) is 18.7 Å². The van der Waals surface area contributed by atoms with Gasteiger partial charge in [-0.2, -0.15) is 0 Å². The fourth-order valence-corrected chi connectivity index (χ4v) is 2.59. The smallest absolute Gasteiger partial charge is 0.230 e. The van der Waals surface area contributed by atoms with Gasteiger partial charge in [0.25, 0.3) is 0 Å². The summed E-state index contributed by atoms with van der Waals surface area (Å²) in [6.07, 6.45) is 1.75. The fraction of sp³-hybridized carbons (Fsp3) is 0.250. The first-order valence-electron chi connectivity index (χ1n) is 7.74. The van der Waals surface area contributed by atoms with Crippen molar-refractivity contribution in [3.8, 4) is 5.75 Å². The highest BCUT2D eigenvalue weighted by Gasteiger charge is 2.22. The number of rotatable bonds is 7. The normalized spacial score (nSPS) is 11.6. The zero-order valence-corrected chi connectivity index (χ0v) is 13.7. The molecule has 120 valence electrons. The number of carbonyl (C=O) groups excluding carboxylic acids is 1. The molecule has 0 saturated heterocycles. The zero-order valence-electron chi connectivity index (χ0n) is 13.7. The van der Waals surface area contributed by atoms with E-state index in [1.54, 1.807) is 13.2 Å². The van der Waals surface area contributed by atoms with E-state index in [0.29, 0.717) is 13.1 Å². The lowest BCUT2D eigenvalue weighted by atomic mass is 9.99. The largest absolute Gasteiger partial charge is 0.496 e. The Morgan fingerprint density at radius 3 is 2.48 bits per heavy atom. The van der Waals surface area contributed by atoms with Crippen LogP contribution in [-0.2, 0) is 11.3 Å². The Balaban J connectivity index is 2.20. The fourth-order valence-electron chi connectivity index (χ4n) is 2.59. The molecule has 23 heavy (non-hydrogen) atoms. The molecule has 2 aromatic carbocycles. The van der Waals surface area contributed by atoms with Crippen LogP contribution in [-0.4, -0.2) is 24.5 Å². The van der Waals surface area contributed by atoms with Gasteiger partial charge in [0.1, 0.15) is 5.75 Å². The Hall–Kier alpha value is -2.55. The van der Waals surface area contributed by atoms with Gasteiger partial charge in [-0.15, -0.1) is 6.58 Å². The van der Waals surface area contributed by atoms with E-state index < -0.39 is 0 Å². The van der Waals surface area contributed by atoms with E-state index in [1.165, 1.54) is 0 Å². The molecule has 0 aliphatic rings. The summed E-state index contributed by atoms with van der Waals surface area (Å²) in [5.74, 6) is 0.689. The van der Waals surface area contributed by atoms with Gasteiger partial charge in [-0.25, -0.2) is 0 Å². The molecule has 0 saturated carbocycles. The molecule has 1 unspecified atom stereocenters. The van der Waals surface area contributed by atoms with Crippen molar-refractivity contribution >= 4 is 5.91 Å². The van der Waals surface area contributed by atoms with Gasteiger partial charge >= 0.3 is 0 Å². The van der Waals surface area contributed by atoms with Crippen LogP contribution in [0.2, 0.25) is 0 Å². The van der Waals surface area contributed by atoms with Crippen molar-refractivity contribution in [1.82, 2.24) is 4.90 Å². The van der Waals surface area contributed by atoms with Gasteiger partial charge in [-0.3, -0.25) is 4.79 Å². The molecule has 3 nitrogen and oxygen atoms in total. The Morgan fingerprint density at radius 2 is 1.83 bits per heavy atom. The van der Waals surface area contributed by atoms with Gasteiger partial charge in [-0.1, -0.05) is 54.6 Å². The van der Waals surface area contributed by atoms with Gasteiger partial charge < -0.3 is 9.64 Å². The highest BCUT2D eigenvalue weighted by atomic mass is 16.5. The minimum Gasteiger partial charge on any atom is -0.496 e. The Labute approximate surface area is 138 Å². The van der Waals surface area contributed by atoms with Gasteiger partial charge in [0.15, 0.2) is 0 Å². The number of benzene rings is 2. The average molecular weight is 309 g/mol. The quantitative estimate of drug-likeness (QED) is 0.723. The molecule has 0 radical (unpaired) electrons. The highest BCUT2D eigenvalue weighted by Crippen LogP contribution is 2.23. The van der Waals surface area contributed by atoms with E-state index in [0.717, 1.165) is 16.9 Å². The molecule has 0 fully saturated rings. The maximum absolute atomic E-state index is 12.9. The lowest BCUT2D eigenvalue weighted by Gasteiger charge is -2.25. The number of amides is 1. The summed E-state index contributed by atoms with van der Waals surface area (Å²) in [5.41, 5.74) is 2.01. The van der Waals surface area contributed by atoms with E-state index in [9.17, 15) is 4.79 Å². The molecule has 0 heterocycles. The number of hydrogen-bond donors (Lipinski definition) is 0. The lowest BCUT2D eigenvalue weighted by molar-refractivity contribution is -0.132. The summed E-state index contributed by atoms with van der Waals surface area (Å²) in [6.45, 7) is 6.73. The van der Waals surface area contributed by atoms with Crippen LogP contribution in [0.15, 0.2) is 67.3 Å². The van der Waals surface area contributed by atoms with Crippen LogP contribution in [0.25, 0.3) is 0 Å². The van der Waals surface area contributed by atoms with Crippen molar-refractivity contribution in [3.63, 3.8) is 0 Å². The summed E-state index contributed by atoms with van der Waals surface area (Å²) >= 11 is 0. The molecule has 0 spiro atoms. The van der Waals surface area contributed by atoms with Crippen LogP contribution in [0.1, 0.15) is 24.0 Å². The van der Waals surface area contributed by atoms with Crippen molar-refractivity contribution < 1.29 is 9.53 Å². The van der Waals surface area contributed by atoms with E-state index in [4.69, 9.17) is 4.74 Å². The van der Waals surface area contributed by atoms with Crippen molar-refractivity contribution in [2.75, 3.05) is 13.7 Å². The minimum absolute atomic E-state index is 0.0852. The second-order valence-electron chi connectivity index (χ2n) is 5.45. The van der Waals surface area contributed by atoms with Crippen LogP contribution in [0, 0.1) is 0 Å². The van der Waals surface area contributed by atoms with Gasteiger partial charge in [0.05, 0.1) is 13.0 Å². The Morgan fingerprint density at radius 1 is 1.17 bits per heavy atom. The van der Waals surface area contributed by atoms with Crippen LogP contribution in [0.3, 0.4) is 0 Å². The lowest BCUT2D eigenvalue weighted by Crippen LogP contribution is -2.34. The number of nitrogens with zero attached hydrogens (tertiary/aromatic N) is 1. The molecule has 0 N–H and O–H groups in total. The number of methoxy groups -OCH3 is 1. The topological polar surface area (TPSA) is 29.5 Å². The predicted molar refractivity (Wildman–Crippen MR) is 93.5 cm³/mol. The maximum Gasteiger partial charge on any atom is 0.230 e. The van der Waals surface area contributed by atoms with Gasteiger partial charge in [0.2, 0.25) is 5.91 Å². The molecule has 2 aromatic rings. The second kappa shape index (κ2) is 8.18. The highest BCUT2D eigenvalue weighted by molar-refractivity contribution is 5.83. The number of hydrogen-bond acceptors (Lipinski definition) is 2. The maximum atomic E-state index is 12.9. The Bertz CT molecular complexity index is 652. The molecule has 1 amide bonds. The summed E-state index contributed by atoms with van der Waals surface area (Å²) in [7, 11) is 1.64. The summed E-state index contributed by atoms with van der Waals surface area (Å²) in [5, 5.41) is 0. The molecule has 0 aliphatic carbocycles. The number of ether oxygens (including phenoxy) is 1. The third-order valence-electron chi connectivity index (χ3n) is 3.88. The van der Waals surface area contributed by atoms with Gasteiger partial charge in [-0.05, 0) is 18.6 Å². The van der Waals surface area contributed by atoms with Crippen LogP contribution in [0.4, 0.5) is 0 Å². The molecule has 1 atom stereocenters. The van der Waals surface area contributed by atoms with Crippen molar-refractivity contribution in [3.05, 3.63) is 78.4 Å². The molecule has 2 rings (SSSR count). The predicted octanol–water partition coefficient (Wildman–Crippen LogP) is 4.01. The SMILES string of the molecule is C=CCN(Cc1ccccc1OC)C(=O)C(C)c1ccccc1. The third-order valence-corrected chi connectivity index (χ3v) is 3.88. The number of para-hydroxylation sites is 1.